The van der Waals surface area contributed by atoms with Crippen LogP contribution in [0.2, 0.25) is 5.02 Å². The summed E-state index contributed by atoms with van der Waals surface area (Å²) in [5.74, 6) is 0.185. The van der Waals surface area contributed by atoms with Gasteiger partial charge in [-0.05, 0) is 36.5 Å². The van der Waals surface area contributed by atoms with Gasteiger partial charge in [-0.2, -0.15) is 0 Å². The van der Waals surface area contributed by atoms with Crippen molar-refractivity contribution in [3.63, 3.8) is 0 Å². The van der Waals surface area contributed by atoms with Gasteiger partial charge in [0.25, 0.3) is 0 Å². The molecule has 1 fully saturated rings. The molecule has 0 unspecified atom stereocenters. The minimum absolute atomic E-state index is 0. The average molecular weight is 304 g/mol. The van der Waals surface area contributed by atoms with E-state index in [1.807, 2.05) is 26.0 Å². The number of hydrogen-bond donors (Lipinski definition) is 2. The summed E-state index contributed by atoms with van der Waals surface area (Å²) in [6.45, 7) is 4.03. The molecule has 0 saturated heterocycles. The van der Waals surface area contributed by atoms with E-state index in [9.17, 15) is 5.11 Å². The number of nitrogens with two attached hydrogens (primary N) is 1. The van der Waals surface area contributed by atoms with Crippen molar-refractivity contribution in [2.45, 2.75) is 50.7 Å². The van der Waals surface area contributed by atoms with E-state index in [1.54, 1.807) is 0 Å². The topological polar surface area (TPSA) is 46.2 Å². The molecule has 1 saturated carbocycles. The zero-order chi connectivity index (χ0) is 13.3. The molecule has 19 heavy (non-hydrogen) atoms. The van der Waals surface area contributed by atoms with Crippen LogP contribution in [0.3, 0.4) is 0 Å². The van der Waals surface area contributed by atoms with E-state index in [1.165, 1.54) is 12.0 Å². The summed E-state index contributed by atoms with van der Waals surface area (Å²) in [7, 11) is 0. The molecule has 0 bridgehead atoms. The Morgan fingerprint density at radius 1 is 1.21 bits per heavy atom. The van der Waals surface area contributed by atoms with E-state index in [0.29, 0.717) is 0 Å². The van der Waals surface area contributed by atoms with Crippen molar-refractivity contribution in [1.29, 1.82) is 0 Å². The van der Waals surface area contributed by atoms with Gasteiger partial charge in [0.2, 0.25) is 0 Å². The predicted octanol–water partition coefficient (Wildman–Crippen LogP) is 3.53. The second kappa shape index (κ2) is 6.45. The molecular weight excluding hydrogens is 281 g/mol. The zero-order valence-electron chi connectivity index (χ0n) is 11.5. The average Bonchev–Trinajstić information content (AvgIpc) is 2.28. The lowest BCUT2D eigenvalue weighted by atomic mass is 9.58. The van der Waals surface area contributed by atoms with Crippen LogP contribution in [0.25, 0.3) is 0 Å². The molecular formula is C15H23Cl2NO. The van der Waals surface area contributed by atoms with Crippen LogP contribution in [0.15, 0.2) is 24.3 Å². The maximum atomic E-state index is 10.3. The molecule has 108 valence electrons. The summed E-state index contributed by atoms with van der Waals surface area (Å²) in [5, 5.41) is 11.0. The Balaban J connectivity index is 0.00000180. The zero-order valence-corrected chi connectivity index (χ0v) is 13.0. The number of aliphatic hydroxyl groups excluding tert-OH is 1. The van der Waals surface area contributed by atoms with E-state index < -0.39 is 6.10 Å². The van der Waals surface area contributed by atoms with E-state index in [2.05, 4.69) is 12.1 Å². The molecule has 1 aliphatic carbocycles. The van der Waals surface area contributed by atoms with Crippen molar-refractivity contribution in [3.05, 3.63) is 34.9 Å². The van der Waals surface area contributed by atoms with Crippen LogP contribution in [0.5, 0.6) is 0 Å². The lowest BCUT2D eigenvalue weighted by Gasteiger charge is -2.49. The summed E-state index contributed by atoms with van der Waals surface area (Å²) in [6.07, 6.45) is 2.83. The van der Waals surface area contributed by atoms with Gasteiger partial charge in [-0.25, -0.2) is 0 Å². The van der Waals surface area contributed by atoms with Gasteiger partial charge in [0.05, 0.1) is 6.10 Å². The largest absolute Gasteiger partial charge is 0.391 e. The Morgan fingerprint density at radius 3 is 2.11 bits per heavy atom. The molecule has 2 rings (SSSR count). The van der Waals surface area contributed by atoms with Crippen LogP contribution < -0.4 is 5.73 Å². The first kappa shape index (κ1) is 16.8. The van der Waals surface area contributed by atoms with Crippen LogP contribution in [0, 0.1) is 5.92 Å². The second-order valence-corrected chi connectivity index (χ2v) is 6.21. The third-order valence-electron chi connectivity index (χ3n) is 4.35. The molecule has 0 heterocycles. The number of hydrogen-bond acceptors (Lipinski definition) is 2. The molecule has 3 N–H and O–H groups in total. The van der Waals surface area contributed by atoms with Gasteiger partial charge >= 0.3 is 0 Å². The normalized spacial score (nSPS) is 20.3. The fraction of sp³-hybridized carbons (Fsp3) is 0.600. The Hall–Kier alpha value is -0.280. The van der Waals surface area contributed by atoms with E-state index >= 15 is 0 Å². The monoisotopic (exact) mass is 303 g/mol. The van der Waals surface area contributed by atoms with E-state index in [4.69, 9.17) is 17.3 Å². The van der Waals surface area contributed by atoms with Crippen LogP contribution in [-0.4, -0.2) is 17.3 Å². The van der Waals surface area contributed by atoms with Crippen molar-refractivity contribution in [2.24, 2.45) is 11.7 Å². The van der Waals surface area contributed by atoms with Crippen LogP contribution >= 0.6 is 24.0 Å². The number of aliphatic hydroxyl groups is 1. The fourth-order valence-corrected chi connectivity index (χ4v) is 3.02. The first-order valence-corrected chi connectivity index (χ1v) is 7.05. The number of halogens is 2. The maximum absolute atomic E-state index is 10.3. The van der Waals surface area contributed by atoms with Gasteiger partial charge in [-0.15, -0.1) is 12.4 Å². The van der Waals surface area contributed by atoms with Crippen LogP contribution in [0.1, 0.15) is 38.7 Å². The highest BCUT2D eigenvalue weighted by Gasteiger charge is 2.46. The van der Waals surface area contributed by atoms with Crippen molar-refractivity contribution in [2.75, 3.05) is 0 Å². The Bertz CT molecular complexity index is 401. The SMILES string of the molecule is CC(C)[C@@H](O)[C@H](N)C1(c2ccc(Cl)cc2)CCC1.Cl. The predicted molar refractivity (Wildman–Crippen MR) is 83.0 cm³/mol. The molecule has 1 aromatic rings. The highest BCUT2D eigenvalue weighted by molar-refractivity contribution is 6.30. The molecule has 0 radical (unpaired) electrons. The van der Waals surface area contributed by atoms with Crippen molar-refractivity contribution in [3.8, 4) is 0 Å². The summed E-state index contributed by atoms with van der Waals surface area (Å²) in [5.41, 5.74) is 7.50. The van der Waals surface area contributed by atoms with Crippen LogP contribution in [-0.2, 0) is 5.41 Å². The third kappa shape index (κ3) is 3.08. The van der Waals surface area contributed by atoms with Crippen molar-refractivity contribution in [1.82, 2.24) is 0 Å². The summed E-state index contributed by atoms with van der Waals surface area (Å²) in [6, 6.07) is 7.71. The lowest BCUT2D eigenvalue weighted by Crippen LogP contribution is -2.57. The lowest BCUT2D eigenvalue weighted by molar-refractivity contribution is 0.0362. The van der Waals surface area contributed by atoms with Crippen molar-refractivity contribution >= 4 is 24.0 Å². The molecule has 1 aromatic carbocycles. The molecule has 2 nitrogen and oxygen atoms in total. The first-order valence-electron chi connectivity index (χ1n) is 6.67. The Labute approximate surface area is 126 Å². The van der Waals surface area contributed by atoms with Gasteiger partial charge in [-0.3, -0.25) is 0 Å². The molecule has 0 spiro atoms. The molecule has 0 aromatic heterocycles. The Morgan fingerprint density at radius 2 is 1.74 bits per heavy atom. The van der Waals surface area contributed by atoms with Gasteiger partial charge < -0.3 is 10.8 Å². The van der Waals surface area contributed by atoms with E-state index in [0.717, 1.165) is 17.9 Å². The van der Waals surface area contributed by atoms with E-state index in [-0.39, 0.29) is 29.8 Å². The quantitative estimate of drug-likeness (QED) is 0.894. The number of rotatable bonds is 4. The molecule has 0 amide bonds. The van der Waals surface area contributed by atoms with Crippen molar-refractivity contribution < 1.29 is 5.11 Å². The second-order valence-electron chi connectivity index (χ2n) is 5.78. The smallest absolute Gasteiger partial charge is 0.0722 e. The highest BCUT2D eigenvalue weighted by Crippen LogP contribution is 2.47. The summed E-state index contributed by atoms with van der Waals surface area (Å²) >= 11 is 5.93. The Kier molecular flexibility index (Phi) is 5.69. The minimum atomic E-state index is -0.457. The van der Waals surface area contributed by atoms with Gasteiger partial charge in [-0.1, -0.05) is 44.0 Å². The maximum Gasteiger partial charge on any atom is 0.0722 e. The minimum Gasteiger partial charge on any atom is -0.391 e. The number of benzene rings is 1. The molecule has 2 atom stereocenters. The molecule has 0 aliphatic heterocycles. The standard InChI is InChI=1S/C15H22ClNO.ClH/c1-10(2)13(18)14(17)15(8-3-9-15)11-4-6-12(16)7-5-11;/h4-7,10,13-14,18H,3,8-9,17H2,1-2H3;1H/t13-,14+;/m1./s1. The van der Waals surface area contributed by atoms with Gasteiger partial charge in [0, 0.05) is 16.5 Å². The molecule has 1 aliphatic rings. The highest BCUT2D eigenvalue weighted by atomic mass is 35.5. The fourth-order valence-electron chi connectivity index (χ4n) is 2.90. The van der Waals surface area contributed by atoms with Gasteiger partial charge in [0.15, 0.2) is 0 Å². The first-order chi connectivity index (χ1) is 8.47. The van der Waals surface area contributed by atoms with Crippen LogP contribution in [0.4, 0.5) is 0 Å². The summed E-state index contributed by atoms with van der Waals surface area (Å²) in [4.78, 5) is 0. The third-order valence-corrected chi connectivity index (χ3v) is 4.61. The molecule has 4 heteroatoms. The summed E-state index contributed by atoms with van der Waals surface area (Å²) < 4.78 is 0. The van der Waals surface area contributed by atoms with Gasteiger partial charge in [0.1, 0.15) is 0 Å².